The van der Waals surface area contributed by atoms with Crippen LogP contribution in [0.1, 0.15) is 24.3 Å². The molecule has 25 heavy (non-hydrogen) atoms. The van der Waals surface area contributed by atoms with E-state index in [1.54, 1.807) is 16.8 Å². The Morgan fingerprint density at radius 1 is 1.04 bits per heavy atom. The van der Waals surface area contributed by atoms with Crippen molar-refractivity contribution in [2.24, 2.45) is 5.92 Å². The van der Waals surface area contributed by atoms with E-state index in [0.717, 1.165) is 12.1 Å². The molecule has 2 aliphatic rings. The first-order valence-corrected chi connectivity index (χ1v) is 8.85. The number of benzene rings is 2. The number of amides is 2. The summed E-state index contributed by atoms with van der Waals surface area (Å²) in [5.74, 6) is 0.449. The van der Waals surface area contributed by atoms with Gasteiger partial charge >= 0.3 is 0 Å². The third-order valence-corrected chi connectivity index (χ3v) is 5.40. The van der Waals surface area contributed by atoms with Gasteiger partial charge in [-0.15, -0.1) is 0 Å². The smallest absolute Gasteiger partial charge is 0.249 e. The molecule has 128 valence electrons. The van der Waals surface area contributed by atoms with Gasteiger partial charge in [-0.1, -0.05) is 48.5 Å². The van der Waals surface area contributed by atoms with Crippen LogP contribution < -0.4 is 4.90 Å². The highest BCUT2D eigenvalue weighted by Crippen LogP contribution is 2.48. The molecule has 2 aromatic rings. The highest BCUT2D eigenvalue weighted by Gasteiger charge is 2.48. The number of carbonyl (C=O) groups excluding carboxylic acids is 2. The van der Waals surface area contributed by atoms with Crippen LogP contribution in [0, 0.1) is 5.92 Å². The Bertz CT molecular complexity index is 775. The normalized spacial score (nSPS) is 25.1. The lowest BCUT2D eigenvalue weighted by molar-refractivity contribution is -0.137. The quantitative estimate of drug-likeness (QED) is 0.862. The van der Waals surface area contributed by atoms with Gasteiger partial charge in [0, 0.05) is 25.2 Å². The fraction of sp³-hybridized carbons (Fsp3) is 0.333. The molecule has 1 saturated carbocycles. The van der Waals surface area contributed by atoms with E-state index < -0.39 is 0 Å². The Hall–Kier alpha value is -2.62. The van der Waals surface area contributed by atoms with Crippen molar-refractivity contribution in [3.05, 3.63) is 66.2 Å². The lowest BCUT2D eigenvalue weighted by Gasteiger charge is -2.24. The van der Waals surface area contributed by atoms with E-state index in [9.17, 15) is 9.59 Å². The third-order valence-electron chi connectivity index (χ3n) is 5.40. The Balaban J connectivity index is 1.43. The van der Waals surface area contributed by atoms with Crippen LogP contribution in [0.3, 0.4) is 0 Å². The van der Waals surface area contributed by atoms with Crippen molar-refractivity contribution in [1.29, 1.82) is 0 Å². The summed E-state index contributed by atoms with van der Waals surface area (Å²) in [7, 11) is 1.78. The van der Waals surface area contributed by atoms with Crippen molar-refractivity contribution in [1.82, 2.24) is 4.90 Å². The Morgan fingerprint density at radius 3 is 2.36 bits per heavy atom. The molecule has 1 aliphatic carbocycles. The SMILES string of the molecule is CN(C(=O)[C@@H]1C[C@@H]1c1ccccc1)[C@H]1CCN(c2ccccc2)C1=O. The first-order chi connectivity index (χ1) is 12.2. The minimum Gasteiger partial charge on any atom is -0.333 e. The number of anilines is 1. The molecule has 3 atom stereocenters. The van der Waals surface area contributed by atoms with Gasteiger partial charge in [-0.05, 0) is 36.5 Å². The second-order valence-corrected chi connectivity index (χ2v) is 6.94. The van der Waals surface area contributed by atoms with E-state index >= 15 is 0 Å². The summed E-state index contributed by atoms with van der Waals surface area (Å²) in [4.78, 5) is 29.1. The molecule has 0 aromatic heterocycles. The zero-order valence-corrected chi connectivity index (χ0v) is 14.3. The van der Waals surface area contributed by atoms with E-state index in [4.69, 9.17) is 0 Å². The number of rotatable bonds is 4. The van der Waals surface area contributed by atoms with Crippen LogP contribution in [-0.2, 0) is 9.59 Å². The highest BCUT2D eigenvalue weighted by atomic mass is 16.2. The summed E-state index contributed by atoms with van der Waals surface area (Å²) in [6.07, 6.45) is 1.58. The lowest BCUT2D eigenvalue weighted by atomic mass is 10.1. The Kier molecular flexibility index (Phi) is 4.04. The van der Waals surface area contributed by atoms with Crippen molar-refractivity contribution in [3.63, 3.8) is 0 Å². The van der Waals surface area contributed by atoms with E-state index in [2.05, 4.69) is 12.1 Å². The first-order valence-electron chi connectivity index (χ1n) is 8.85. The van der Waals surface area contributed by atoms with Crippen LogP contribution >= 0.6 is 0 Å². The van der Waals surface area contributed by atoms with Crippen molar-refractivity contribution < 1.29 is 9.59 Å². The molecule has 4 nitrogen and oxygen atoms in total. The minimum atomic E-state index is -0.343. The van der Waals surface area contributed by atoms with Crippen molar-refractivity contribution in [3.8, 4) is 0 Å². The average molecular weight is 334 g/mol. The van der Waals surface area contributed by atoms with Crippen LogP contribution in [0.2, 0.25) is 0 Å². The van der Waals surface area contributed by atoms with Gasteiger partial charge in [-0.3, -0.25) is 9.59 Å². The van der Waals surface area contributed by atoms with Crippen molar-refractivity contribution in [2.45, 2.75) is 24.8 Å². The number of hydrogen-bond donors (Lipinski definition) is 0. The molecule has 0 N–H and O–H groups in total. The molecule has 0 unspecified atom stereocenters. The highest BCUT2D eigenvalue weighted by molar-refractivity contribution is 6.01. The molecule has 4 rings (SSSR count). The molecule has 2 fully saturated rings. The van der Waals surface area contributed by atoms with Gasteiger partial charge in [0.25, 0.3) is 0 Å². The number of hydrogen-bond acceptors (Lipinski definition) is 2. The van der Waals surface area contributed by atoms with E-state index in [1.165, 1.54) is 5.56 Å². The van der Waals surface area contributed by atoms with Gasteiger partial charge < -0.3 is 9.80 Å². The maximum atomic E-state index is 12.8. The maximum Gasteiger partial charge on any atom is 0.249 e. The van der Waals surface area contributed by atoms with Crippen LogP contribution in [0.15, 0.2) is 60.7 Å². The molecular formula is C21H22N2O2. The summed E-state index contributed by atoms with van der Waals surface area (Å²) in [5.41, 5.74) is 2.13. The monoisotopic (exact) mass is 334 g/mol. The second-order valence-electron chi connectivity index (χ2n) is 6.94. The first kappa shape index (κ1) is 15.9. The summed E-state index contributed by atoms with van der Waals surface area (Å²) in [6.45, 7) is 0.665. The topological polar surface area (TPSA) is 40.6 Å². The molecule has 2 amide bonds. The van der Waals surface area contributed by atoms with E-state index in [0.29, 0.717) is 18.9 Å². The van der Waals surface area contributed by atoms with Crippen molar-refractivity contribution >= 4 is 17.5 Å². The number of likely N-dealkylation sites (N-methyl/N-ethyl adjacent to an activating group) is 1. The summed E-state index contributed by atoms with van der Waals surface area (Å²) in [5, 5.41) is 0. The summed E-state index contributed by atoms with van der Waals surface area (Å²) < 4.78 is 0. The molecule has 1 aliphatic heterocycles. The van der Waals surface area contributed by atoms with Crippen LogP contribution in [0.25, 0.3) is 0 Å². The molecule has 2 aromatic carbocycles. The predicted molar refractivity (Wildman–Crippen MR) is 97.3 cm³/mol. The van der Waals surface area contributed by atoms with Gasteiger partial charge in [0.1, 0.15) is 6.04 Å². The Morgan fingerprint density at radius 2 is 1.68 bits per heavy atom. The molecule has 1 heterocycles. The van der Waals surface area contributed by atoms with Crippen LogP contribution in [-0.4, -0.2) is 36.3 Å². The van der Waals surface area contributed by atoms with Gasteiger partial charge in [0.15, 0.2) is 0 Å². The Labute approximate surface area is 148 Å². The predicted octanol–water partition coefficient (Wildman–Crippen LogP) is 3.05. The summed E-state index contributed by atoms with van der Waals surface area (Å²) in [6, 6.07) is 19.5. The molecule has 0 radical (unpaired) electrons. The molecule has 0 spiro atoms. The van der Waals surface area contributed by atoms with Crippen LogP contribution in [0.5, 0.6) is 0 Å². The third kappa shape index (κ3) is 2.93. The zero-order chi connectivity index (χ0) is 17.4. The second kappa shape index (κ2) is 6.36. The molecule has 4 heteroatoms. The number of nitrogens with zero attached hydrogens (tertiary/aromatic N) is 2. The fourth-order valence-corrected chi connectivity index (χ4v) is 3.84. The van der Waals surface area contributed by atoms with Gasteiger partial charge in [-0.25, -0.2) is 0 Å². The largest absolute Gasteiger partial charge is 0.333 e. The zero-order valence-electron chi connectivity index (χ0n) is 14.3. The molecular weight excluding hydrogens is 312 g/mol. The van der Waals surface area contributed by atoms with Crippen LogP contribution in [0.4, 0.5) is 5.69 Å². The van der Waals surface area contributed by atoms with Crippen molar-refractivity contribution in [2.75, 3.05) is 18.5 Å². The van der Waals surface area contributed by atoms with E-state index in [-0.39, 0.29) is 23.8 Å². The maximum absolute atomic E-state index is 12.8. The number of para-hydroxylation sites is 1. The lowest BCUT2D eigenvalue weighted by Crippen LogP contribution is -2.43. The molecule has 0 bridgehead atoms. The number of carbonyl (C=O) groups is 2. The average Bonchev–Trinajstić information content (AvgIpc) is 3.37. The van der Waals surface area contributed by atoms with Gasteiger partial charge in [0.2, 0.25) is 11.8 Å². The standard InChI is InChI=1S/C21H22N2O2/c1-22(20(24)18-14-17(18)15-8-4-2-5-9-15)19-12-13-23(21(19)25)16-10-6-3-7-11-16/h2-11,17-19H,12-14H2,1H3/t17-,18-,19+/m1/s1. The van der Waals surface area contributed by atoms with Gasteiger partial charge in [0.05, 0.1) is 0 Å². The minimum absolute atomic E-state index is 0.0194. The van der Waals surface area contributed by atoms with E-state index in [1.807, 2.05) is 48.5 Å². The fourth-order valence-electron chi connectivity index (χ4n) is 3.84. The van der Waals surface area contributed by atoms with Gasteiger partial charge in [-0.2, -0.15) is 0 Å². The molecule has 1 saturated heterocycles. The summed E-state index contributed by atoms with van der Waals surface area (Å²) >= 11 is 0.